The van der Waals surface area contributed by atoms with Gasteiger partial charge in [-0.2, -0.15) is 0 Å². The molecule has 0 fully saturated rings. The average Bonchev–Trinajstić information content (AvgIpc) is 2.69. The van der Waals surface area contributed by atoms with E-state index in [2.05, 4.69) is 33.8 Å². The number of carbonyl (C=O) groups excluding carboxylic acids is 2. The van der Waals surface area contributed by atoms with E-state index in [1.54, 1.807) is 0 Å². The van der Waals surface area contributed by atoms with Crippen LogP contribution in [0, 0.1) is 5.92 Å². The molecule has 0 N–H and O–H groups in total. The highest BCUT2D eigenvalue weighted by atomic mass is 16.5. The van der Waals surface area contributed by atoms with E-state index in [0.29, 0.717) is 44.8 Å². The van der Waals surface area contributed by atoms with Crippen molar-refractivity contribution in [2.24, 2.45) is 5.92 Å². The molecule has 0 aromatic rings. The first-order chi connectivity index (χ1) is 14.5. The second kappa shape index (κ2) is 20.9. The van der Waals surface area contributed by atoms with Gasteiger partial charge in [-0.3, -0.25) is 9.59 Å². The number of rotatable bonds is 20. The molecule has 0 aromatic heterocycles. The van der Waals surface area contributed by atoms with Crippen molar-refractivity contribution in [1.82, 2.24) is 0 Å². The highest BCUT2D eigenvalue weighted by Gasteiger charge is 2.07. The van der Waals surface area contributed by atoms with Gasteiger partial charge in [0.1, 0.15) is 0 Å². The van der Waals surface area contributed by atoms with Crippen molar-refractivity contribution < 1.29 is 19.1 Å². The van der Waals surface area contributed by atoms with Gasteiger partial charge in [0.05, 0.1) is 13.2 Å². The normalized spacial score (nSPS) is 11.7. The van der Waals surface area contributed by atoms with Gasteiger partial charge in [-0.1, -0.05) is 70.4 Å². The summed E-state index contributed by atoms with van der Waals surface area (Å²) in [6, 6.07) is 0. The van der Waals surface area contributed by atoms with Crippen LogP contribution in [0.1, 0.15) is 124 Å². The van der Waals surface area contributed by atoms with E-state index in [1.165, 1.54) is 44.1 Å². The highest BCUT2D eigenvalue weighted by Crippen LogP contribution is 2.13. The lowest BCUT2D eigenvalue weighted by Gasteiger charge is -2.10. The van der Waals surface area contributed by atoms with Crippen molar-refractivity contribution in [2.45, 2.75) is 124 Å². The summed E-state index contributed by atoms with van der Waals surface area (Å²) < 4.78 is 10.6. The summed E-state index contributed by atoms with van der Waals surface area (Å²) in [5.41, 5.74) is 1.35. The molecule has 0 amide bonds. The number of esters is 2. The second-order valence-corrected chi connectivity index (χ2v) is 8.88. The summed E-state index contributed by atoms with van der Waals surface area (Å²) in [6.07, 6.45) is 17.4. The fraction of sp³-hybridized carbons (Fsp3) is 0.846. The van der Waals surface area contributed by atoms with E-state index in [1.807, 2.05) is 0 Å². The standard InChI is InChI=1S/C26H48O4/c1-5-6-7-8-9-10-11-14-21-29-25(27)18-12-13-19-26(28)30-22-20-24(4)17-15-16-23(2)3/h16,24H,5-15,17-22H2,1-4H3. The first-order valence-electron chi connectivity index (χ1n) is 12.4. The van der Waals surface area contributed by atoms with E-state index in [9.17, 15) is 9.59 Å². The van der Waals surface area contributed by atoms with E-state index in [0.717, 1.165) is 32.1 Å². The lowest BCUT2D eigenvalue weighted by molar-refractivity contribution is -0.146. The molecule has 0 aromatic carbocycles. The molecule has 0 bridgehead atoms. The van der Waals surface area contributed by atoms with Gasteiger partial charge in [-0.15, -0.1) is 0 Å². The number of ether oxygens (including phenoxy) is 2. The maximum absolute atomic E-state index is 11.8. The Balaban J connectivity index is 3.45. The quantitative estimate of drug-likeness (QED) is 0.115. The molecule has 0 aliphatic carbocycles. The molecular formula is C26H48O4. The van der Waals surface area contributed by atoms with Crippen molar-refractivity contribution in [3.05, 3.63) is 11.6 Å². The van der Waals surface area contributed by atoms with Crippen LogP contribution in [0.3, 0.4) is 0 Å². The fourth-order valence-electron chi connectivity index (χ4n) is 3.28. The number of unbranched alkanes of at least 4 members (excludes halogenated alkanes) is 8. The van der Waals surface area contributed by atoms with Gasteiger partial charge >= 0.3 is 11.9 Å². The molecule has 0 aliphatic rings. The smallest absolute Gasteiger partial charge is 0.305 e. The Morgan fingerprint density at radius 1 is 0.733 bits per heavy atom. The van der Waals surface area contributed by atoms with Crippen molar-refractivity contribution in [3.63, 3.8) is 0 Å². The number of allylic oxidation sites excluding steroid dienone is 2. The topological polar surface area (TPSA) is 52.6 Å². The van der Waals surface area contributed by atoms with Crippen LogP contribution in [0.25, 0.3) is 0 Å². The third-order valence-corrected chi connectivity index (χ3v) is 5.36. The molecular weight excluding hydrogens is 376 g/mol. The summed E-state index contributed by atoms with van der Waals surface area (Å²) in [4.78, 5) is 23.5. The molecule has 30 heavy (non-hydrogen) atoms. The Hall–Kier alpha value is -1.32. The monoisotopic (exact) mass is 424 g/mol. The van der Waals surface area contributed by atoms with Gasteiger partial charge in [0.15, 0.2) is 0 Å². The van der Waals surface area contributed by atoms with Crippen molar-refractivity contribution in [2.75, 3.05) is 13.2 Å². The summed E-state index contributed by atoms with van der Waals surface area (Å²) in [7, 11) is 0. The zero-order valence-electron chi connectivity index (χ0n) is 20.3. The van der Waals surface area contributed by atoms with Gasteiger partial charge < -0.3 is 9.47 Å². The molecule has 0 radical (unpaired) electrons. The van der Waals surface area contributed by atoms with Gasteiger partial charge in [0.2, 0.25) is 0 Å². The van der Waals surface area contributed by atoms with Gasteiger partial charge in [-0.05, 0) is 58.3 Å². The molecule has 0 aliphatic heterocycles. The summed E-state index contributed by atoms with van der Waals surface area (Å²) in [5.74, 6) is 0.263. The maximum Gasteiger partial charge on any atom is 0.305 e. The fourth-order valence-corrected chi connectivity index (χ4v) is 3.28. The van der Waals surface area contributed by atoms with Crippen molar-refractivity contribution in [1.29, 1.82) is 0 Å². The Labute approximate surface area is 186 Å². The third-order valence-electron chi connectivity index (χ3n) is 5.36. The molecule has 0 saturated carbocycles. The van der Waals surface area contributed by atoms with Crippen LogP contribution in [0.5, 0.6) is 0 Å². The minimum absolute atomic E-state index is 0.142. The van der Waals surface area contributed by atoms with Crippen molar-refractivity contribution in [3.8, 4) is 0 Å². The number of hydrogen-bond acceptors (Lipinski definition) is 4. The van der Waals surface area contributed by atoms with Crippen LogP contribution in [-0.2, 0) is 19.1 Å². The number of hydrogen-bond donors (Lipinski definition) is 0. The van der Waals surface area contributed by atoms with Crippen LogP contribution >= 0.6 is 0 Å². The first-order valence-corrected chi connectivity index (χ1v) is 12.4. The molecule has 0 rings (SSSR count). The van der Waals surface area contributed by atoms with E-state index in [-0.39, 0.29) is 11.9 Å². The van der Waals surface area contributed by atoms with Crippen LogP contribution in [0.2, 0.25) is 0 Å². The average molecular weight is 425 g/mol. The minimum atomic E-state index is -0.154. The number of carbonyl (C=O) groups is 2. The minimum Gasteiger partial charge on any atom is -0.466 e. The zero-order valence-corrected chi connectivity index (χ0v) is 20.3. The lowest BCUT2D eigenvalue weighted by Crippen LogP contribution is -2.09. The summed E-state index contributed by atoms with van der Waals surface area (Å²) in [6.45, 7) is 9.69. The third kappa shape index (κ3) is 21.4. The van der Waals surface area contributed by atoms with Crippen LogP contribution in [0.4, 0.5) is 0 Å². The zero-order chi connectivity index (χ0) is 22.5. The van der Waals surface area contributed by atoms with Gasteiger partial charge in [-0.25, -0.2) is 0 Å². The van der Waals surface area contributed by atoms with E-state index < -0.39 is 0 Å². The molecule has 1 unspecified atom stereocenters. The second-order valence-electron chi connectivity index (χ2n) is 8.88. The SMILES string of the molecule is CCCCCCCCCCOC(=O)CCCCC(=O)OCCC(C)CCC=C(C)C. The van der Waals surface area contributed by atoms with E-state index in [4.69, 9.17) is 9.47 Å². The van der Waals surface area contributed by atoms with Crippen LogP contribution in [-0.4, -0.2) is 25.2 Å². The lowest BCUT2D eigenvalue weighted by atomic mass is 10.0. The van der Waals surface area contributed by atoms with Crippen LogP contribution in [0.15, 0.2) is 11.6 Å². The molecule has 1 atom stereocenters. The Bertz CT molecular complexity index is 452. The van der Waals surface area contributed by atoms with Gasteiger partial charge in [0.25, 0.3) is 0 Å². The molecule has 4 heteroatoms. The predicted octanol–water partition coefficient (Wildman–Crippen LogP) is 7.55. The van der Waals surface area contributed by atoms with Crippen molar-refractivity contribution >= 4 is 11.9 Å². The Morgan fingerprint density at radius 2 is 1.27 bits per heavy atom. The van der Waals surface area contributed by atoms with Crippen LogP contribution < -0.4 is 0 Å². The summed E-state index contributed by atoms with van der Waals surface area (Å²) in [5, 5.41) is 0. The molecule has 4 nitrogen and oxygen atoms in total. The molecule has 0 saturated heterocycles. The first kappa shape index (κ1) is 28.7. The Morgan fingerprint density at radius 3 is 1.83 bits per heavy atom. The summed E-state index contributed by atoms with van der Waals surface area (Å²) >= 11 is 0. The molecule has 176 valence electrons. The van der Waals surface area contributed by atoms with E-state index >= 15 is 0 Å². The Kier molecular flexibility index (Phi) is 20.0. The highest BCUT2D eigenvalue weighted by molar-refractivity contribution is 5.70. The largest absolute Gasteiger partial charge is 0.466 e. The maximum atomic E-state index is 11.8. The molecule has 0 spiro atoms. The van der Waals surface area contributed by atoms with Gasteiger partial charge in [0, 0.05) is 12.8 Å². The molecule has 0 heterocycles. The predicted molar refractivity (Wildman–Crippen MR) is 125 cm³/mol.